The molecule has 1 N–H and O–H groups in total. The second-order valence-corrected chi connectivity index (χ2v) is 7.72. The maximum atomic E-state index is 12.9. The highest BCUT2D eigenvalue weighted by Crippen LogP contribution is 2.27. The molecule has 2 atom stereocenters. The standard InChI is InChI=1S/C16H25N3O3S/c1-18(11-5-3-2-4-6-11)16(22)13-9-23-10-19(13)15(21)12-7-8-14(20)17-12/h11-13H,2-10H2,1H3,(H,17,20)/t12?,13-/m1/s1. The summed E-state index contributed by atoms with van der Waals surface area (Å²) in [5, 5.41) is 2.72. The lowest BCUT2D eigenvalue weighted by molar-refractivity contribution is -0.145. The van der Waals surface area contributed by atoms with Gasteiger partial charge in [-0.3, -0.25) is 14.4 Å². The number of carbonyl (C=O) groups excluding carboxylic acids is 3. The van der Waals surface area contributed by atoms with Crippen molar-refractivity contribution in [3.63, 3.8) is 0 Å². The van der Waals surface area contributed by atoms with Crippen molar-refractivity contribution in [3.05, 3.63) is 0 Å². The van der Waals surface area contributed by atoms with Crippen molar-refractivity contribution in [1.82, 2.24) is 15.1 Å². The molecule has 1 aliphatic carbocycles. The average Bonchev–Trinajstić information content (AvgIpc) is 3.22. The lowest BCUT2D eigenvalue weighted by Gasteiger charge is -2.35. The lowest BCUT2D eigenvalue weighted by atomic mass is 9.94. The summed E-state index contributed by atoms with van der Waals surface area (Å²) in [6.45, 7) is 0. The van der Waals surface area contributed by atoms with Crippen molar-refractivity contribution in [2.75, 3.05) is 18.7 Å². The Morgan fingerprint density at radius 3 is 2.61 bits per heavy atom. The summed E-state index contributed by atoms with van der Waals surface area (Å²) < 4.78 is 0. The number of thioether (sulfide) groups is 1. The van der Waals surface area contributed by atoms with Crippen LogP contribution in [0.5, 0.6) is 0 Å². The smallest absolute Gasteiger partial charge is 0.246 e. The third-order valence-corrected chi connectivity index (χ3v) is 6.23. The lowest BCUT2D eigenvalue weighted by Crippen LogP contribution is -2.54. The van der Waals surface area contributed by atoms with Crippen molar-refractivity contribution in [1.29, 1.82) is 0 Å². The number of carbonyl (C=O) groups is 3. The van der Waals surface area contributed by atoms with Crippen LogP contribution in [-0.4, -0.2) is 64.3 Å². The molecular formula is C16H25N3O3S. The molecule has 128 valence electrons. The Labute approximate surface area is 141 Å². The first-order valence-electron chi connectivity index (χ1n) is 8.52. The molecule has 6 nitrogen and oxygen atoms in total. The van der Waals surface area contributed by atoms with Crippen molar-refractivity contribution < 1.29 is 14.4 Å². The summed E-state index contributed by atoms with van der Waals surface area (Å²) >= 11 is 1.62. The maximum absolute atomic E-state index is 12.9. The fourth-order valence-corrected chi connectivity index (χ4v) is 4.90. The predicted molar refractivity (Wildman–Crippen MR) is 88.8 cm³/mol. The number of hydrogen-bond donors (Lipinski definition) is 1. The molecule has 0 aromatic heterocycles. The minimum absolute atomic E-state index is 0.0552. The Hall–Kier alpha value is -1.24. The first kappa shape index (κ1) is 16.6. The largest absolute Gasteiger partial charge is 0.344 e. The minimum Gasteiger partial charge on any atom is -0.344 e. The topological polar surface area (TPSA) is 69.7 Å². The van der Waals surface area contributed by atoms with Crippen LogP contribution in [-0.2, 0) is 14.4 Å². The summed E-state index contributed by atoms with van der Waals surface area (Å²) in [4.78, 5) is 40.4. The SMILES string of the molecule is CN(C(=O)[C@H]1CSCN1C(=O)C1CCC(=O)N1)C1CCCCC1. The number of nitrogens with zero attached hydrogens (tertiary/aromatic N) is 2. The van der Waals surface area contributed by atoms with Crippen LogP contribution in [0.25, 0.3) is 0 Å². The molecule has 3 rings (SSSR count). The summed E-state index contributed by atoms with van der Waals surface area (Å²) in [5.74, 6) is 1.08. The highest BCUT2D eigenvalue weighted by atomic mass is 32.2. The molecular weight excluding hydrogens is 314 g/mol. The zero-order valence-electron chi connectivity index (χ0n) is 13.6. The van der Waals surface area contributed by atoms with Crippen molar-refractivity contribution in [2.24, 2.45) is 0 Å². The molecule has 0 aromatic carbocycles. The van der Waals surface area contributed by atoms with Gasteiger partial charge in [-0.2, -0.15) is 0 Å². The molecule has 3 amide bonds. The molecule has 2 heterocycles. The van der Waals surface area contributed by atoms with Gasteiger partial charge < -0.3 is 15.1 Å². The Morgan fingerprint density at radius 2 is 1.96 bits per heavy atom. The molecule has 1 saturated carbocycles. The van der Waals surface area contributed by atoms with E-state index in [1.54, 1.807) is 16.7 Å². The van der Waals surface area contributed by atoms with E-state index >= 15 is 0 Å². The van der Waals surface area contributed by atoms with Gasteiger partial charge in [-0.15, -0.1) is 11.8 Å². The van der Waals surface area contributed by atoms with Gasteiger partial charge in [-0.05, 0) is 19.3 Å². The fraction of sp³-hybridized carbons (Fsp3) is 0.812. The summed E-state index contributed by atoms with van der Waals surface area (Å²) in [7, 11) is 1.88. The molecule has 7 heteroatoms. The normalized spacial score (nSPS) is 28.7. The molecule has 0 radical (unpaired) electrons. The Bertz CT molecular complexity index is 493. The van der Waals surface area contributed by atoms with E-state index < -0.39 is 6.04 Å². The molecule has 0 bridgehead atoms. The zero-order valence-corrected chi connectivity index (χ0v) is 14.4. The first-order chi connectivity index (χ1) is 11.1. The van der Waals surface area contributed by atoms with Gasteiger partial charge in [-0.25, -0.2) is 0 Å². The van der Waals surface area contributed by atoms with E-state index in [4.69, 9.17) is 0 Å². The van der Waals surface area contributed by atoms with Crippen LogP contribution in [0.15, 0.2) is 0 Å². The van der Waals surface area contributed by atoms with Gasteiger partial charge in [0.2, 0.25) is 17.7 Å². The number of likely N-dealkylation sites (N-methyl/N-ethyl adjacent to an activating group) is 1. The summed E-state index contributed by atoms with van der Waals surface area (Å²) in [6.07, 6.45) is 6.68. The van der Waals surface area contributed by atoms with E-state index in [0.717, 1.165) is 12.8 Å². The Morgan fingerprint density at radius 1 is 1.22 bits per heavy atom. The van der Waals surface area contributed by atoms with Crippen LogP contribution >= 0.6 is 11.8 Å². The van der Waals surface area contributed by atoms with Gasteiger partial charge >= 0.3 is 0 Å². The molecule has 2 saturated heterocycles. The zero-order chi connectivity index (χ0) is 16.4. The van der Waals surface area contributed by atoms with E-state index in [1.165, 1.54) is 19.3 Å². The van der Waals surface area contributed by atoms with Crippen LogP contribution in [0.1, 0.15) is 44.9 Å². The Balaban J connectivity index is 1.64. The first-order valence-corrected chi connectivity index (χ1v) is 9.67. The van der Waals surface area contributed by atoms with Crippen molar-refractivity contribution in [2.45, 2.75) is 63.1 Å². The average molecular weight is 339 g/mol. The number of hydrogen-bond acceptors (Lipinski definition) is 4. The molecule has 0 spiro atoms. The van der Waals surface area contributed by atoms with E-state index in [-0.39, 0.29) is 23.8 Å². The number of nitrogens with one attached hydrogen (secondary N) is 1. The molecule has 2 aliphatic heterocycles. The summed E-state index contributed by atoms with van der Waals surface area (Å²) in [5.41, 5.74) is 0. The molecule has 0 aromatic rings. The molecule has 23 heavy (non-hydrogen) atoms. The van der Waals surface area contributed by atoms with E-state index in [0.29, 0.717) is 30.5 Å². The number of rotatable bonds is 3. The van der Waals surface area contributed by atoms with Gasteiger partial charge in [0, 0.05) is 25.3 Å². The van der Waals surface area contributed by atoms with Crippen molar-refractivity contribution >= 4 is 29.5 Å². The second-order valence-electron chi connectivity index (χ2n) is 6.72. The molecule has 1 unspecified atom stereocenters. The van der Waals surface area contributed by atoms with Gasteiger partial charge in [0.05, 0.1) is 5.88 Å². The minimum atomic E-state index is -0.448. The highest BCUT2D eigenvalue weighted by Gasteiger charge is 2.41. The van der Waals surface area contributed by atoms with E-state index in [1.807, 2.05) is 11.9 Å². The van der Waals surface area contributed by atoms with Gasteiger partial charge in [0.25, 0.3) is 0 Å². The third-order valence-electron chi connectivity index (χ3n) is 5.21. The van der Waals surface area contributed by atoms with Crippen LogP contribution < -0.4 is 5.32 Å². The fourth-order valence-electron chi connectivity index (χ4n) is 3.75. The number of amides is 3. The van der Waals surface area contributed by atoms with E-state index in [2.05, 4.69) is 5.32 Å². The van der Waals surface area contributed by atoms with Crippen LogP contribution in [0, 0.1) is 0 Å². The Kier molecular flexibility index (Phi) is 5.14. The molecule has 3 fully saturated rings. The molecule has 3 aliphatic rings. The monoisotopic (exact) mass is 339 g/mol. The second kappa shape index (κ2) is 7.11. The van der Waals surface area contributed by atoms with Gasteiger partial charge in [0.1, 0.15) is 12.1 Å². The quantitative estimate of drug-likeness (QED) is 0.831. The predicted octanol–water partition coefficient (Wildman–Crippen LogP) is 0.958. The summed E-state index contributed by atoms with van der Waals surface area (Å²) in [6, 6.07) is -0.515. The van der Waals surface area contributed by atoms with Gasteiger partial charge in [0.15, 0.2) is 0 Å². The third kappa shape index (κ3) is 3.49. The van der Waals surface area contributed by atoms with Crippen LogP contribution in [0.4, 0.5) is 0 Å². The van der Waals surface area contributed by atoms with Gasteiger partial charge in [-0.1, -0.05) is 19.3 Å². The van der Waals surface area contributed by atoms with Crippen molar-refractivity contribution in [3.8, 4) is 0 Å². The van der Waals surface area contributed by atoms with Crippen LogP contribution in [0.3, 0.4) is 0 Å². The van der Waals surface area contributed by atoms with E-state index in [9.17, 15) is 14.4 Å². The highest BCUT2D eigenvalue weighted by molar-refractivity contribution is 7.99. The van der Waals surface area contributed by atoms with Crippen LogP contribution in [0.2, 0.25) is 0 Å². The maximum Gasteiger partial charge on any atom is 0.246 e.